The molecule has 4 N–H and O–H groups in total. The third kappa shape index (κ3) is 4.42. The minimum atomic E-state index is -1.18. The number of hydrogen-bond acceptors (Lipinski definition) is 7. The smallest absolute Gasteiger partial charge is 0.259 e. The number of H-pyrrole nitrogens is 2. The van der Waals surface area contributed by atoms with Gasteiger partial charge in [-0.15, -0.1) is 0 Å². The predicted molar refractivity (Wildman–Crippen MR) is 130 cm³/mol. The van der Waals surface area contributed by atoms with Crippen molar-refractivity contribution in [3.8, 4) is 11.8 Å². The molecule has 33 heavy (non-hydrogen) atoms. The average Bonchev–Trinajstić information content (AvgIpc) is 2.77. The van der Waals surface area contributed by atoms with Crippen molar-refractivity contribution in [1.82, 2.24) is 24.1 Å². The number of nitrogens with zero attached hydrogens (tertiary/aromatic N) is 3. The van der Waals surface area contributed by atoms with Gasteiger partial charge in [-0.2, -0.15) is 0 Å². The lowest BCUT2D eigenvalue weighted by Crippen LogP contribution is -2.29. The van der Waals surface area contributed by atoms with Crippen molar-refractivity contribution in [2.75, 3.05) is 0 Å². The molecule has 0 saturated carbocycles. The van der Waals surface area contributed by atoms with Crippen LogP contribution in [-0.4, -0.2) is 34.3 Å². The second-order valence-corrected chi connectivity index (χ2v) is 8.71. The zero-order valence-electron chi connectivity index (χ0n) is 18.8. The Morgan fingerprint density at radius 3 is 1.73 bits per heavy atom. The van der Waals surface area contributed by atoms with Gasteiger partial charge >= 0.3 is 0 Å². The highest BCUT2D eigenvalue weighted by atomic mass is 32.1. The Bertz CT molecular complexity index is 1300. The molecule has 0 aromatic carbocycles. The van der Waals surface area contributed by atoms with Crippen LogP contribution in [-0.2, 0) is 0 Å². The number of aromatic amines is 2. The first-order chi connectivity index (χ1) is 15.6. The zero-order valence-corrected chi connectivity index (χ0v) is 20.5. The number of rotatable bonds is 7. The molecule has 2 atom stereocenters. The van der Waals surface area contributed by atoms with Crippen LogP contribution in [0.3, 0.4) is 0 Å². The lowest BCUT2D eigenvalue weighted by Gasteiger charge is -2.24. The lowest BCUT2D eigenvalue weighted by molar-refractivity contribution is 0.356. The van der Waals surface area contributed by atoms with Gasteiger partial charge in [-0.25, -0.2) is 0 Å². The van der Waals surface area contributed by atoms with Crippen LogP contribution in [0.5, 0.6) is 11.8 Å². The topological polar surface area (TPSA) is 129 Å². The first-order valence-electron chi connectivity index (χ1n) is 10.7. The third-order valence-corrected chi connectivity index (χ3v) is 6.53. The molecule has 0 radical (unpaired) electrons. The fourth-order valence-corrected chi connectivity index (χ4v) is 4.51. The summed E-state index contributed by atoms with van der Waals surface area (Å²) in [4.78, 5) is 35.8. The maximum absolute atomic E-state index is 13.1. The van der Waals surface area contributed by atoms with Gasteiger partial charge in [0.1, 0.15) is 0 Å². The summed E-state index contributed by atoms with van der Waals surface area (Å²) in [5.41, 5.74) is -1.35. The molecule has 11 heteroatoms. The van der Waals surface area contributed by atoms with Crippen molar-refractivity contribution in [3.63, 3.8) is 0 Å². The van der Waals surface area contributed by atoms with Crippen LogP contribution in [0.25, 0.3) is 0 Å². The monoisotopic (exact) mass is 489 g/mol. The zero-order chi connectivity index (χ0) is 24.4. The molecule has 0 unspecified atom stereocenters. The largest absolute Gasteiger partial charge is 0.494 e. The molecule has 3 rings (SSSR count). The number of hydrogen-bond donors (Lipinski definition) is 4. The molecule has 0 bridgehead atoms. The quantitative estimate of drug-likeness (QED) is 0.368. The van der Waals surface area contributed by atoms with Gasteiger partial charge in [0.05, 0.1) is 22.7 Å². The Hall–Kier alpha value is -3.05. The number of aromatic hydroxyl groups is 2. The van der Waals surface area contributed by atoms with Gasteiger partial charge in [-0.3, -0.25) is 33.7 Å². The van der Waals surface area contributed by atoms with Crippen LogP contribution in [0.2, 0.25) is 0 Å². The van der Waals surface area contributed by atoms with E-state index >= 15 is 0 Å². The molecule has 0 aliphatic heterocycles. The summed E-state index contributed by atoms with van der Waals surface area (Å²) in [6, 6.07) is 4.54. The third-order valence-electron chi connectivity index (χ3n) is 5.93. The van der Waals surface area contributed by atoms with Gasteiger partial charge in [0, 0.05) is 18.3 Å². The minimum Gasteiger partial charge on any atom is -0.494 e. The molecule has 0 spiro atoms. The van der Waals surface area contributed by atoms with Crippen molar-refractivity contribution in [2.45, 2.75) is 58.5 Å². The van der Waals surface area contributed by atoms with Crippen molar-refractivity contribution in [1.29, 1.82) is 0 Å². The molecular formula is C22H27N5O4S2. The van der Waals surface area contributed by atoms with Crippen molar-refractivity contribution in [3.05, 3.63) is 71.5 Å². The molecular weight excluding hydrogens is 462 g/mol. The Morgan fingerprint density at radius 1 is 0.909 bits per heavy atom. The Kier molecular flexibility index (Phi) is 7.33. The van der Waals surface area contributed by atoms with Crippen LogP contribution in [0.1, 0.15) is 75.4 Å². The summed E-state index contributed by atoms with van der Waals surface area (Å²) in [5.74, 6) is -1.95. The highest BCUT2D eigenvalue weighted by Crippen LogP contribution is 2.37. The maximum Gasteiger partial charge on any atom is 0.259 e. The second-order valence-electron chi connectivity index (χ2n) is 7.94. The maximum atomic E-state index is 13.1. The van der Waals surface area contributed by atoms with Crippen molar-refractivity contribution < 1.29 is 10.2 Å². The Labute approximate surface area is 200 Å². The van der Waals surface area contributed by atoms with E-state index in [1.165, 1.54) is 15.3 Å². The van der Waals surface area contributed by atoms with Crippen LogP contribution in [0.15, 0.2) is 34.0 Å². The summed E-state index contributed by atoms with van der Waals surface area (Å²) in [5, 5.41) is 22.5. The van der Waals surface area contributed by atoms with Gasteiger partial charge < -0.3 is 10.2 Å². The van der Waals surface area contributed by atoms with Gasteiger partial charge in [-0.05, 0) is 63.3 Å². The van der Waals surface area contributed by atoms with Crippen LogP contribution in [0.4, 0.5) is 0 Å². The van der Waals surface area contributed by atoms with Crippen molar-refractivity contribution >= 4 is 24.4 Å². The fraction of sp³-hybridized carbons (Fsp3) is 0.409. The molecule has 0 aliphatic carbocycles. The summed E-state index contributed by atoms with van der Waals surface area (Å²) >= 11 is 10.6. The van der Waals surface area contributed by atoms with E-state index in [0.29, 0.717) is 18.5 Å². The van der Waals surface area contributed by atoms with Crippen LogP contribution < -0.4 is 11.1 Å². The second kappa shape index (κ2) is 9.84. The number of pyridine rings is 1. The Morgan fingerprint density at radius 2 is 1.36 bits per heavy atom. The van der Waals surface area contributed by atoms with Crippen LogP contribution in [0, 0.1) is 9.54 Å². The van der Waals surface area contributed by atoms with E-state index in [-0.39, 0.29) is 44.5 Å². The normalized spacial score (nSPS) is 13.2. The van der Waals surface area contributed by atoms with E-state index in [0.717, 1.165) is 0 Å². The molecule has 176 valence electrons. The van der Waals surface area contributed by atoms with Gasteiger partial charge in [-0.1, -0.05) is 19.9 Å². The number of nitrogens with one attached hydrogen (secondary N) is 2. The summed E-state index contributed by atoms with van der Waals surface area (Å²) in [7, 11) is 0. The average molecular weight is 490 g/mol. The highest BCUT2D eigenvalue weighted by Gasteiger charge is 2.33. The SMILES string of the molecule is CC[C@@H](C)n1c(O)c(C(c2ccccn2)c2c(O)n([C@H](C)CC)c(=S)[nH]c2=O)c(=O)[nH]c1=S. The lowest BCUT2D eigenvalue weighted by atomic mass is 9.89. The fourth-order valence-electron chi connectivity index (χ4n) is 3.79. The minimum absolute atomic E-state index is 0.0593. The molecule has 9 nitrogen and oxygen atoms in total. The molecule has 0 amide bonds. The Balaban J connectivity index is 2.50. The van der Waals surface area contributed by atoms with E-state index < -0.39 is 17.0 Å². The van der Waals surface area contributed by atoms with E-state index in [4.69, 9.17) is 24.4 Å². The molecule has 3 aromatic rings. The first-order valence-corrected chi connectivity index (χ1v) is 11.5. The molecule has 3 aromatic heterocycles. The standard InChI is InChI=1S/C22H27N5O4S2/c1-5-11(3)26-19(30)15(17(28)24-21(26)32)14(13-9-7-8-10-23-13)16-18(29)25-22(33)27(20(16)31)12(4)6-2/h7-12,14,30-31H,5-6H2,1-4H3,(H,24,28,32)(H,25,29,33)/t11-,12-/m1/s1. The summed E-state index contributed by atoms with van der Waals surface area (Å²) < 4.78 is 2.97. The van der Waals surface area contributed by atoms with E-state index in [2.05, 4.69) is 15.0 Å². The van der Waals surface area contributed by atoms with Gasteiger partial charge in [0.15, 0.2) is 9.54 Å². The molecule has 0 aliphatic rings. The van der Waals surface area contributed by atoms with E-state index in [1.807, 2.05) is 27.7 Å². The van der Waals surface area contributed by atoms with Crippen molar-refractivity contribution in [2.24, 2.45) is 0 Å². The molecule has 0 saturated heterocycles. The van der Waals surface area contributed by atoms with Gasteiger partial charge in [0.2, 0.25) is 11.8 Å². The first kappa shape index (κ1) is 24.6. The van der Waals surface area contributed by atoms with E-state index in [1.54, 1.807) is 18.2 Å². The number of aromatic nitrogens is 5. The van der Waals surface area contributed by atoms with E-state index in [9.17, 15) is 19.8 Å². The predicted octanol–water partition coefficient (Wildman–Crippen LogP) is 4.05. The molecule has 0 fully saturated rings. The highest BCUT2D eigenvalue weighted by molar-refractivity contribution is 7.71. The van der Waals surface area contributed by atoms with Gasteiger partial charge in [0.25, 0.3) is 11.1 Å². The summed E-state index contributed by atoms with van der Waals surface area (Å²) in [6.07, 6.45) is 2.77. The van der Waals surface area contributed by atoms with Crippen LogP contribution >= 0.6 is 24.4 Å². The molecule has 3 heterocycles. The summed E-state index contributed by atoms with van der Waals surface area (Å²) in [6.45, 7) is 7.53.